The van der Waals surface area contributed by atoms with Crippen LogP contribution in [-0.2, 0) is 23.7 Å². The number of nitrogens with two attached hydrogens (primary N) is 1. The van der Waals surface area contributed by atoms with Gasteiger partial charge in [-0.2, -0.15) is 0 Å². The molecule has 6 nitrogen and oxygen atoms in total. The van der Waals surface area contributed by atoms with Gasteiger partial charge in [-0.15, -0.1) is 0 Å². The predicted molar refractivity (Wildman–Crippen MR) is 131 cm³/mol. The van der Waals surface area contributed by atoms with Crippen molar-refractivity contribution < 1.29 is 23.7 Å². The molecule has 0 radical (unpaired) electrons. The second kappa shape index (κ2) is 21.9. The van der Waals surface area contributed by atoms with Gasteiger partial charge >= 0.3 is 0 Å². The predicted octanol–water partition coefficient (Wildman–Crippen LogP) is 6.96. The third kappa shape index (κ3) is 22.3. The van der Waals surface area contributed by atoms with Crippen LogP contribution in [0.25, 0.3) is 0 Å². The van der Waals surface area contributed by atoms with Crippen LogP contribution in [0.1, 0.15) is 125 Å². The van der Waals surface area contributed by atoms with Crippen LogP contribution in [-0.4, -0.2) is 31.1 Å². The number of allylic oxidation sites excluding steroid dienone is 2. The van der Waals surface area contributed by atoms with Crippen LogP contribution in [0.3, 0.4) is 0 Å². The van der Waals surface area contributed by atoms with Gasteiger partial charge in [0, 0.05) is 6.42 Å². The largest absolute Gasteiger partial charge is 0.370 e. The summed E-state index contributed by atoms with van der Waals surface area (Å²) in [5.41, 5.74) is 5.10. The fraction of sp³-hybridized carbons (Fsp3) is 0.885. The van der Waals surface area contributed by atoms with Crippen LogP contribution in [0.5, 0.6) is 0 Å². The highest BCUT2D eigenvalue weighted by Crippen LogP contribution is 2.14. The molecular formula is C26H51NO5. The first-order chi connectivity index (χ1) is 15.3. The van der Waals surface area contributed by atoms with Gasteiger partial charge in [-0.25, -0.2) is 0 Å². The third-order valence-corrected chi connectivity index (χ3v) is 5.22. The molecule has 0 aromatic heterocycles. The number of primary amides is 1. The van der Waals surface area contributed by atoms with E-state index in [-0.39, 0.29) is 31.1 Å². The van der Waals surface area contributed by atoms with Gasteiger partial charge in [0.1, 0.15) is 0 Å². The molecule has 32 heavy (non-hydrogen) atoms. The first-order valence-electron chi connectivity index (χ1n) is 12.9. The maximum absolute atomic E-state index is 10.5. The summed E-state index contributed by atoms with van der Waals surface area (Å²) in [6.45, 7) is 9.53. The fourth-order valence-electron chi connectivity index (χ4n) is 3.58. The summed E-state index contributed by atoms with van der Waals surface area (Å²) < 4.78 is 21.2. The standard InChI is InChI=1S/C18H35NO.C8H16O4/c1-2-3-4-5-6-7-8-9-10-11-12-13-14-15-16-17-18(19)20;1-5-9-6(2)11-8(4)12-7(3)10-5/h9-10H,2-8,11-17H2,1H3,(H2,19,20);5-8H,1-4H3/b10-9-;. The van der Waals surface area contributed by atoms with Crippen LogP contribution in [0.15, 0.2) is 12.2 Å². The van der Waals surface area contributed by atoms with Crippen LogP contribution in [0.2, 0.25) is 0 Å². The number of unbranched alkanes of at least 4 members (excludes halogenated alkanes) is 11. The molecule has 1 aliphatic heterocycles. The Bertz CT molecular complexity index is 417. The van der Waals surface area contributed by atoms with E-state index in [1.165, 1.54) is 70.6 Å². The van der Waals surface area contributed by atoms with E-state index in [1.54, 1.807) is 0 Å². The molecule has 0 bridgehead atoms. The van der Waals surface area contributed by atoms with Gasteiger partial charge in [0.05, 0.1) is 0 Å². The van der Waals surface area contributed by atoms with Crippen molar-refractivity contribution in [2.24, 2.45) is 5.73 Å². The third-order valence-electron chi connectivity index (χ3n) is 5.22. The first-order valence-corrected chi connectivity index (χ1v) is 12.9. The number of amides is 1. The number of carbonyl (C=O) groups is 1. The Morgan fingerprint density at radius 2 is 0.969 bits per heavy atom. The summed E-state index contributed by atoms with van der Waals surface area (Å²) in [7, 11) is 0. The summed E-state index contributed by atoms with van der Waals surface area (Å²) in [5, 5.41) is 0. The molecular weight excluding hydrogens is 406 g/mol. The van der Waals surface area contributed by atoms with Crippen LogP contribution in [0.4, 0.5) is 0 Å². The number of carbonyl (C=O) groups excluding carboxylic acids is 1. The van der Waals surface area contributed by atoms with E-state index in [9.17, 15) is 4.79 Å². The Kier molecular flexibility index (Phi) is 21.2. The Morgan fingerprint density at radius 3 is 1.34 bits per heavy atom. The molecule has 2 N–H and O–H groups in total. The van der Waals surface area contributed by atoms with E-state index in [1.807, 2.05) is 27.7 Å². The number of rotatable bonds is 15. The Balaban J connectivity index is 0.000000677. The Labute approximate surface area is 197 Å². The minimum absolute atomic E-state index is 0.164. The van der Waals surface area contributed by atoms with E-state index in [4.69, 9.17) is 24.7 Å². The average molecular weight is 458 g/mol. The molecule has 0 saturated carbocycles. The van der Waals surface area contributed by atoms with Crippen molar-refractivity contribution in [2.45, 2.75) is 150 Å². The van der Waals surface area contributed by atoms with Crippen molar-refractivity contribution >= 4 is 5.91 Å². The summed E-state index contributed by atoms with van der Waals surface area (Å²) in [5.74, 6) is -0.164. The second-order valence-electron chi connectivity index (χ2n) is 8.62. The lowest BCUT2D eigenvalue weighted by Gasteiger charge is -2.30. The van der Waals surface area contributed by atoms with Crippen molar-refractivity contribution in [3.05, 3.63) is 12.2 Å². The van der Waals surface area contributed by atoms with Crippen molar-refractivity contribution in [1.82, 2.24) is 0 Å². The minimum Gasteiger partial charge on any atom is -0.370 e. The zero-order chi connectivity index (χ0) is 24.0. The van der Waals surface area contributed by atoms with Crippen molar-refractivity contribution in [2.75, 3.05) is 0 Å². The van der Waals surface area contributed by atoms with Crippen molar-refractivity contribution in [3.63, 3.8) is 0 Å². The molecule has 1 fully saturated rings. The zero-order valence-electron chi connectivity index (χ0n) is 21.5. The monoisotopic (exact) mass is 457 g/mol. The van der Waals surface area contributed by atoms with Gasteiger partial charge in [-0.05, 0) is 59.8 Å². The molecule has 0 atom stereocenters. The van der Waals surface area contributed by atoms with Gasteiger partial charge in [-0.3, -0.25) is 4.79 Å². The van der Waals surface area contributed by atoms with Crippen LogP contribution in [0, 0.1) is 0 Å². The highest BCUT2D eigenvalue weighted by atomic mass is 16.9. The topological polar surface area (TPSA) is 80.0 Å². The lowest BCUT2D eigenvalue weighted by Crippen LogP contribution is -2.35. The summed E-state index contributed by atoms with van der Waals surface area (Å²) in [6.07, 6.45) is 20.8. The maximum atomic E-state index is 10.5. The smallest absolute Gasteiger partial charge is 0.217 e. The van der Waals surface area contributed by atoms with E-state index < -0.39 is 0 Å². The van der Waals surface area contributed by atoms with Gasteiger partial charge in [0.15, 0.2) is 25.2 Å². The van der Waals surface area contributed by atoms with Gasteiger partial charge < -0.3 is 24.7 Å². The second-order valence-corrected chi connectivity index (χ2v) is 8.62. The number of hydrogen-bond donors (Lipinski definition) is 1. The van der Waals surface area contributed by atoms with Crippen molar-refractivity contribution in [3.8, 4) is 0 Å². The van der Waals surface area contributed by atoms with E-state index in [2.05, 4.69) is 19.1 Å². The van der Waals surface area contributed by atoms with Gasteiger partial charge in [-0.1, -0.05) is 70.4 Å². The number of hydrogen-bond acceptors (Lipinski definition) is 5. The molecule has 190 valence electrons. The fourth-order valence-corrected chi connectivity index (χ4v) is 3.58. The average Bonchev–Trinajstić information content (AvgIpc) is 2.69. The molecule has 0 aliphatic carbocycles. The van der Waals surface area contributed by atoms with Gasteiger partial charge in [0.25, 0.3) is 0 Å². The highest BCUT2D eigenvalue weighted by molar-refractivity contribution is 5.73. The lowest BCUT2D eigenvalue weighted by molar-refractivity contribution is -0.367. The molecule has 1 aliphatic rings. The molecule has 0 aromatic rings. The number of ether oxygens (including phenoxy) is 4. The minimum atomic E-state index is -0.289. The van der Waals surface area contributed by atoms with E-state index >= 15 is 0 Å². The first kappa shape index (κ1) is 31.0. The molecule has 1 rings (SSSR count). The molecule has 0 unspecified atom stereocenters. The SMILES string of the molecule is CC1OC(C)OC(C)OC(C)O1.CCCCCCCC/C=C\CCCCCCCC(N)=O. The van der Waals surface area contributed by atoms with E-state index in [0.717, 1.165) is 12.8 Å². The summed E-state index contributed by atoms with van der Waals surface area (Å²) in [4.78, 5) is 10.5. The molecule has 1 amide bonds. The summed E-state index contributed by atoms with van der Waals surface area (Å²) >= 11 is 0. The Hall–Kier alpha value is -0.950. The molecule has 0 aromatic carbocycles. The van der Waals surface area contributed by atoms with E-state index in [0.29, 0.717) is 6.42 Å². The van der Waals surface area contributed by atoms with Crippen LogP contribution < -0.4 is 5.73 Å². The van der Waals surface area contributed by atoms with Crippen LogP contribution >= 0.6 is 0 Å². The normalized spacial score (nSPS) is 23.9. The maximum Gasteiger partial charge on any atom is 0.217 e. The molecule has 1 saturated heterocycles. The summed E-state index contributed by atoms with van der Waals surface area (Å²) in [6, 6.07) is 0. The lowest BCUT2D eigenvalue weighted by atomic mass is 10.1. The van der Waals surface area contributed by atoms with Crippen molar-refractivity contribution in [1.29, 1.82) is 0 Å². The molecule has 1 heterocycles. The quantitative estimate of drug-likeness (QED) is 0.212. The van der Waals surface area contributed by atoms with Gasteiger partial charge in [0.2, 0.25) is 5.91 Å². The molecule has 0 spiro atoms. The zero-order valence-corrected chi connectivity index (χ0v) is 21.5. The molecule has 6 heteroatoms. The Morgan fingerprint density at radius 1 is 0.625 bits per heavy atom. The highest BCUT2D eigenvalue weighted by Gasteiger charge is 2.21.